The molecule has 0 heterocycles. The molecule has 0 radical (unpaired) electrons. The first-order valence-corrected chi connectivity index (χ1v) is 7.42. The van der Waals surface area contributed by atoms with Crippen molar-refractivity contribution in [3.8, 4) is 6.07 Å². The van der Waals surface area contributed by atoms with Crippen molar-refractivity contribution >= 4 is 0 Å². The second-order valence-corrected chi connectivity index (χ2v) is 5.83. The van der Waals surface area contributed by atoms with Crippen molar-refractivity contribution in [1.82, 2.24) is 0 Å². The molecule has 0 aliphatic heterocycles. The van der Waals surface area contributed by atoms with Crippen LogP contribution >= 0.6 is 0 Å². The minimum atomic E-state index is -1.30. The Morgan fingerprint density at radius 3 is 1.59 bits per heavy atom. The Balaban J connectivity index is 2.66. The summed E-state index contributed by atoms with van der Waals surface area (Å²) >= 11 is 0. The standard InChI is InChI=1S/C19H21NO2/c1-14(2)17(21)18(22)19(13-20,15-9-5-3-6-10-15)16-11-7-4-8-12-16/h3-12,14,17-18,21-22H,1-2H3/t17-,18+/m0/s1. The fourth-order valence-corrected chi connectivity index (χ4v) is 2.73. The highest BCUT2D eigenvalue weighted by molar-refractivity contribution is 5.48. The van der Waals surface area contributed by atoms with Gasteiger partial charge in [-0.15, -0.1) is 0 Å². The van der Waals surface area contributed by atoms with Gasteiger partial charge in [0.25, 0.3) is 0 Å². The molecule has 0 saturated carbocycles. The van der Waals surface area contributed by atoms with Crippen LogP contribution in [-0.2, 0) is 5.41 Å². The second-order valence-electron chi connectivity index (χ2n) is 5.83. The molecule has 0 saturated heterocycles. The lowest BCUT2D eigenvalue weighted by atomic mass is 9.68. The zero-order chi connectivity index (χ0) is 16.2. The van der Waals surface area contributed by atoms with Crippen molar-refractivity contribution in [2.75, 3.05) is 0 Å². The third-order valence-corrected chi connectivity index (χ3v) is 4.08. The van der Waals surface area contributed by atoms with E-state index < -0.39 is 17.6 Å². The Hall–Kier alpha value is -2.15. The summed E-state index contributed by atoms with van der Waals surface area (Å²) in [6.07, 6.45) is -2.22. The summed E-state index contributed by atoms with van der Waals surface area (Å²) in [5.74, 6) is -0.157. The monoisotopic (exact) mass is 295 g/mol. The van der Waals surface area contributed by atoms with E-state index >= 15 is 0 Å². The number of nitriles is 1. The van der Waals surface area contributed by atoms with E-state index in [0.717, 1.165) is 0 Å². The maximum Gasteiger partial charge on any atom is 0.135 e. The third-order valence-electron chi connectivity index (χ3n) is 4.08. The number of nitrogens with zero attached hydrogens (tertiary/aromatic N) is 1. The highest BCUT2D eigenvalue weighted by Crippen LogP contribution is 2.37. The predicted molar refractivity (Wildman–Crippen MR) is 86.1 cm³/mol. The van der Waals surface area contributed by atoms with Crippen LogP contribution in [0, 0.1) is 17.2 Å². The van der Waals surface area contributed by atoms with Crippen LogP contribution in [0.25, 0.3) is 0 Å². The number of rotatable bonds is 5. The van der Waals surface area contributed by atoms with Gasteiger partial charge < -0.3 is 10.2 Å². The fourth-order valence-electron chi connectivity index (χ4n) is 2.73. The van der Waals surface area contributed by atoms with Crippen molar-refractivity contribution in [2.24, 2.45) is 5.92 Å². The normalized spacial score (nSPS) is 14.4. The number of benzene rings is 2. The van der Waals surface area contributed by atoms with Gasteiger partial charge in [0, 0.05) is 0 Å². The smallest absolute Gasteiger partial charge is 0.135 e. The number of hydrogen-bond acceptors (Lipinski definition) is 3. The lowest BCUT2D eigenvalue weighted by Crippen LogP contribution is -2.48. The molecule has 2 aromatic rings. The molecule has 0 aliphatic carbocycles. The van der Waals surface area contributed by atoms with Gasteiger partial charge in [-0.1, -0.05) is 74.5 Å². The maximum absolute atomic E-state index is 10.8. The van der Waals surface area contributed by atoms with E-state index in [4.69, 9.17) is 0 Å². The first-order chi connectivity index (χ1) is 10.5. The molecule has 2 N–H and O–H groups in total. The summed E-state index contributed by atoms with van der Waals surface area (Å²) in [7, 11) is 0. The van der Waals surface area contributed by atoms with Crippen LogP contribution in [0.1, 0.15) is 25.0 Å². The molecule has 114 valence electrons. The van der Waals surface area contributed by atoms with Gasteiger partial charge in [0.2, 0.25) is 0 Å². The number of hydrogen-bond donors (Lipinski definition) is 2. The lowest BCUT2D eigenvalue weighted by Gasteiger charge is -2.36. The maximum atomic E-state index is 10.8. The van der Waals surface area contributed by atoms with Crippen molar-refractivity contribution in [3.05, 3.63) is 71.8 Å². The SMILES string of the molecule is CC(C)[C@H](O)[C@@H](O)C(C#N)(c1ccccc1)c1ccccc1. The van der Waals surface area contributed by atoms with Gasteiger partial charge in [0.05, 0.1) is 12.2 Å². The van der Waals surface area contributed by atoms with E-state index in [-0.39, 0.29) is 5.92 Å². The quantitative estimate of drug-likeness (QED) is 0.891. The molecule has 0 spiro atoms. The molecule has 0 unspecified atom stereocenters. The largest absolute Gasteiger partial charge is 0.390 e. The second kappa shape index (κ2) is 6.74. The Morgan fingerprint density at radius 1 is 0.864 bits per heavy atom. The van der Waals surface area contributed by atoms with E-state index in [1.54, 1.807) is 0 Å². The summed E-state index contributed by atoms with van der Waals surface area (Å²) in [6.45, 7) is 3.65. The van der Waals surface area contributed by atoms with E-state index in [1.807, 2.05) is 74.5 Å². The molecule has 0 aromatic heterocycles. The Morgan fingerprint density at radius 2 is 1.27 bits per heavy atom. The summed E-state index contributed by atoms with van der Waals surface area (Å²) in [5.41, 5.74) is 0.0541. The van der Waals surface area contributed by atoms with Gasteiger partial charge in [-0.05, 0) is 17.0 Å². The van der Waals surface area contributed by atoms with Crippen LogP contribution in [0.4, 0.5) is 0 Å². The van der Waals surface area contributed by atoms with Crippen molar-refractivity contribution < 1.29 is 10.2 Å². The lowest BCUT2D eigenvalue weighted by molar-refractivity contribution is -0.0305. The summed E-state index contributed by atoms with van der Waals surface area (Å²) in [6, 6.07) is 20.6. The average molecular weight is 295 g/mol. The van der Waals surface area contributed by atoms with Gasteiger partial charge in [0.15, 0.2) is 0 Å². The highest BCUT2D eigenvalue weighted by Gasteiger charge is 2.46. The molecular weight excluding hydrogens is 274 g/mol. The molecule has 0 bridgehead atoms. The van der Waals surface area contributed by atoms with Crippen LogP contribution in [0.2, 0.25) is 0 Å². The summed E-state index contributed by atoms with van der Waals surface area (Å²) < 4.78 is 0. The van der Waals surface area contributed by atoms with Gasteiger partial charge in [-0.2, -0.15) is 5.26 Å². The molecule has 0 amide bonds. The molecule has 0 fully saturated rings. The first-order valence-electron chi connectivity index (χ1n) is 7.42. The average Bonchev–Trinajstić information content (AvgIpc) is 2.57. The fraction of sp³-hybridized carbons (Fsp3) is 0.316. The van der Waals surface area contributed by atoms with Crippen molar-refractivity contribution in [2.45, 2.75) is 31.5 Å². The predicted octanol–water partition coefficient (Wildman–Crippen LogP) is 2.87. The van der Waals surface area contributed by atoms with E-state index in [1.165, 1.54) is 0 Å². The summed E-state index contributed by atoms with van der Waals surface area (Å²) in [5, 5.41) is 31.2. The third kappa shape index (κ3) is 2.76. The number of aliphatic hydroxyl groups is 2. The summed E-state index contributed by atoms with van der Waals surface area (Å²) in [4.78, 5) is 0. The zero-order valence-electron chi connectivity index (χ0n) is 12.8. The van der Waals surface area contributed by atoms with Gasteiger partial charge in [-0.3, -0.25) is 0 Å². The highest BCUT2D eigenvalue weighted by atomic mass is 16.3. The zero-order valence-corrected chi connectivity index (χ0v) is 12.8. The van der Waals surface area contributed by atoms with Crippen LogP contribution < -0.4 is 0 Å². The van der Waals surface area contributed by atoms with E-state index in [2.05, 4.69) is 6.07 Å². The van der Waals surface area contributed by atoms with Crippen molar-refractivity contribution in [1.29, 1.82) is 5.26 Å². The Labute approximate surface area is 131 Å². The molecular formula is C19H21NO2. The molecule has 2 rings (SSSR count). The van der Waals surface area contributed by atoms with Crippen molar-refractivity contribution in [3.63, 3.8) is 0 Å². The molecule has 2 atom stereocenters. The topological polar surface area (TPSA) is 64.2 Å². The van der Waals surface area contributed by atoms with E-state index in [0.29, 0.717) is 11.1 Å². The Kier molecular flexibility index (Phi) is 4.97. The van der Waals surface area contributed by atoms with Gasteiger partial charge >= 0.3 is 0 Å². The molecule has 3 nitrogen and oxygen atoms in total. The van der Waals surface area contributed by atoms with Crippen LogP contribution in [0.3, 0.4) is 0 Å². The molecule has 2 aromatic carbocycles. The molecule has 3 heteroatoms. The molecule has 0 aliphatic rings. The molecule has 22 heavy (non-hydrogen) atoms. The minimum Gasteiger partial charge on any atom is -0.390 e. The van der Waals surface area contributed by atoms with Gasteiger partial charge in [0.1, 0.15) is 11.5 Å². The van der Waals surface area contributed by atoms with Crippen LogP contribution in [-0.4, -0.2) is 22.4 Å². The van der Waals surface area contributed by atoms with Crippen LogP contribution in [0.5, 0.6) is 0 Å². The first kappa shape index (κ1) is 16.2. The van der Waals surface area contributed by atoms with Crippen LogP contribution in [0.15, 0.2) is 60.7 Å². The van der Waals surface area contributed by atoms with Gasteiger partial charge in [-0.25, -0.2) is 0 Å². The number of aliphatic hydroxyl groups excluding tert-OH is 2. The minimum absolute atomic E-state index is 0.157. The van der Waals surface area contributed by atoms with E-state index in [9.17, 15) is 15.5 Å². The Bertz CT molecular complexity index is 592.